The van der Waals surface area contributed by atoms with Crippen LogP contribution in [0.25, 0.3) is 0 Å². The second-order valence-electron chi connectivity index (χ2n) is 23.0. The molecule has 3 rings (SSSR count). The van der Waals surface area contributed by atoms with Crippen molar-refractivity contribution in [2.45, 2.75) is 188 Å². The number of benzene rings is 2. The van der Waals surface area contributed by atoms with Crippen LogP contribution in [0.5, 0.6) is 5.75 Å². The molecule has 8 atom stereocenters. The van der Waals surface area contributed by atoms with Crippen LogP contribution in [0, 0.1) is 23.7 Å². The predicted molar refractivity (Wildman–Crippen MR) is 312 cm³/mol. The number of unbranched alkanes of at least 4 members (excludes halogenated alkanes) is 2. The molecule has 0 radical (unpaired) electrons. The summed E-state index contributed by atoms with van der Waals surface area (Å²) in [6.07, 6.45) is 5.01. The fourth-order valence-corrected chi connectivity index (χ4v) is 10.2. The molecule has 0 unspecified atom stereocenters. The van der Waals surface area contributed by atoms with Gasteiger partial charge in [-0.2, -0.15) is 0 Å². The van der Waals surface area contributed by atoms with Gasteiger partial charge in [-0.25, -0.2) is 4.79 Å². The summed E-state index contributed by atoms with van der Waals surface area (Å²) in [5, 5.41) is 20.9. The number of nitrogens with two attached hydrogens (primary N) is 1. The third-order valence-corrected chi connectivity index (χ3v) is 15.4. The van der Waals surface area contributed by atoms with E-state index < -0.39 is 107 Å². The van der Waals surface area contributed by atoms with Crippen LogP contribution >= 0.6 is 0 Å². The van der Waals surface area contributed by atoms with E-state index >= 15 is 0 Å². The highest BCUT2D eigenvalue weighted by atomic mass is 16.5. The van der Waals surface area contributed by atoms with E-state index in [-0.39, 0.29) is 55.7 Å². The van der Waals surface area contributed by atoms with Crippen LogP contribution in [-0.4, -0.2) is 167 Å². The lowest BCUT2D eigenvalue weighted by Crippen LogP contribution is -2.62. The number of hydrogen-bond donors (Lipinski definition) is 6. The van der Waals surface area contributed by atoms with Gasteiger partial charge in [0.1, 0.15) is 48.0 Å². The number of phenolic OH excluding ortho intramolecular Hbond substituents is 1. The molecule has 0 aliphatic carbocycles. The second-order valence-corrected chi connectivity index (χ2v) is 23.0. The van der Waals surface area contributed by atoms with E-state index in [4.69, 9.17) is 10.5 Å². The summed E-state index contributed by atoms with van der Waals surface area (Å²) in [5.41, 5.74) is 7.34. The first-order chi connectivity index (χ1) is 38.7. The Labute approximate surface area is 485 Å². The molecule has 0 aromatic heterocycles. The largest absolute Gasteiger partial charge is 0.508 e. The van der Waals surface area contributed by atoms with E-state index in [1.165, 1.54) is 40.8 Å². The zero-order chi connectivity index (χ0) is 61.4. The predicted octanol–water partition coefficient (Wildman–Crippen LogP) is 4.40. The monoisotopic (exact) mass is 1150 g/mol. The average molecular weight is 1150 g/mol. The Kier molecular flexibility index (Phi) is 29.0. The van der Waals surface area contributed by atoms with Crippen LogP contribution in [0.3, 0.4) is 0 Å². The molecule has 1 aliphatic rings. The minimum absolute atomic E-state index is 0.0114. The Morgan fingerprint density at radius 2 is 1.33 bits per heavy atom. The minimum Gasteiger partial charge on any atom is -0.508 e. The fraction of sp³-hybridized carbons (Fsp3) is 0.639. The van der Waals surface area contributed by atoms with Gasteiger partial charge in [0.05, 0.1) is 7.11 Å². The molecule has 0 saturated carbocycles. The SMILES string of the molecule is CC[C@H](C)[C@H](NC(=O)[C@H](CC(C)C)N(C)C(=O)CCCCCNC(=O)CCCc1ccc(O)cc1)C(=O)N(C)[C@@H](C(=O)N[C@@H](CCC(N)=O)C(=O)N[C@@H](C(=O)N(C)[C@H](Cc1ccccc1)C(=O)N1CCC[C@H]1C(=O)OC)C(C)C)C(C)C. The smallest absolute Gasteiger partial charge is 0.328 e. The number of carbonyl (C=O) groups excluding carboxylic acids is 10. The van der Waals surface area contributed by atoms with Gasteiger partial charge < -0.3 is 56.4 Å². The first kappa shape index (κ1) is 69.2. The van der Waals surface area contributed by atoms with Crippen LogP contribution in [0.4, 0.5) is 0 Å². The van der Waals surface area contributed by atoms with E-state index in [1.54, 1.807) is 65.9 Å². The second kappa shape index (κ2) is 34.4. The van der Waals surface area contributed by atoms with E-state index in [0.29, 0.717) is 70.8 Å². The standard InChI is InChI=1S/C61H95N9O12/c1-13-41(8)53(66-56(76)47(36-38(2)3)67(9)51(74)27-18-15-19-34-63-50(73)26-20-24-42-28-30-44(71)31-29-42)60(80)69(11)54(40(6)7)57(77)64-45(32-33-49(62)72)55(75)65-52(39(4)5)59(79)68(10)48(37-43-22-16-14-17-23-43)58(78)70-35-21-25-46(70)61(81)82-12/h14,16-17,22-23,28-31,38-41,45-48,52-54,71H,13,15,18-21,24-27,32-37H2,1-12H3,(H2,62,72)(H,63,73)(H,64,77)(H,65,75)(H,66,76)/t41-,45-,46-,47-,48+,52+,53-,54+/m0/s1. The highest BCUT2D eigenvalue weighted by molar-refractivity contribution is 5.98. The van der Waals surface area contributed by atoms with Crippen molar-refractivity contribution in [3.63, 3.8) is 0 Å². The van der Waals surface area contributed by atoms with Crippen molar-refractivity contribution < 1.29 is 57.8 Å². The molecule has 2 aromatic carbocycles. The zero-order valence-corrected chi connectivity index (χ0v) is 50.7. The zero-order valence-electron chi connectivity index (χ0n) is 50.7. The van der Waals surface area contributed by atoms with Gasteiger partial charge >= 0.3 is 5.97 Å². The number of amides is 9. The van der Waals surface area contributed by atoms with Crippen LogP contribution < -0.4 is 27.0 Å². The van der Waals surface area contributed by atoms with Gasteiger partial charge in [-0.15, -0.1) is 0 Å². The number of likely N-dealkylation sites (tertiary alicyclic amines) is 1. The summed E-state index contributed by atoms with van der Waals surface area (Å²) in [6.45, 7) is 15.1. The molecule has 1 saturated heterocycles. The molecule has 0 bridgehead atoms. The summed E-state index contributed by atoms with van der Waals surface area (Å²) in [5.74, 6) is -6.74. The van der Waals surface area contributed by atoms with Crippen LogP contribution in [-0.2, 0) is 65.5 Å². The van der Waals surface area contributed by atoms with Gasteiger partial charge in [0.15, 0.2) is 0 Å². The summed E-state index contributed by atoms with van der Waals surface area (Å²) in [6, 6.07) is 8.13. The lowest BCUT2D eigenvalue weighted by Gasteiger charge is -2.37. The van der Waals surface area contributed by atoms with Gasteiger partial charge in [-0.05, 0) is 98.3 Å². The summed E-state index contributed by atoms with van der Waals surface area (Å²) >= 11 is 0. The molecule has 1 aliphatic heterocycles. The van der Waals surface area contributed by atoms with Gasteiger partial charge in [0, 0.05) is 59.9 Å². The van der Waals surface area contributed by atoms with Gasteiger partial charge in [0.25, 0.3) is 0 Å². The molecular formula is C61H95N9O12. The van der Waals surface area contributed by atoms with Gasteiger partial charge in [-0.3, -0.25) is 43.2 Å². The van der Waals surface area contributed by atoms with E-state index in [0.717, 1.165) is 11.1 Å². The topological polar surface area (TPSA) is 287 Å². The van der Waals surface area contributed by atoms with Crippen molar-refractivity contribution in [1.29, 1.82) is 0 Å². The molecule has 1 fully saturated rings. The Morgan fingerprint density at radius 1 is 0.695 bits per heavy atom. The molecule has 2 aromatic rings. The summed E-state index contributed by atoms with van der Waals surface area (Å²) < 4.78 is 5.00. The van der Waals surface area contributed by atoms with Gasteiger partial charge in [0.2, 0.25) is 53.2 Å². The Hall–Kier alpha value is -7.06. The van der Waals surface area contributed by atoms with Crippen molar-refractivity contribution >= 4 is 59.1 Å². The Balaban J connectivity index is 1.76. The quantitative estimate of drug-likeness (QED) is 0.0420. The number of phenols is 1. The lowest BCUT2D eigenvalue weighted by molar-refractivity contribution is -0.154. The van der Waals surface area contributed by atoms with Crippen molar-refractivity contribution in [2.75, 3.05) is 41.3 Å². The van der Waals surface area contributed by atoms with E-state index in [1.807, 2.05) is 51.1 Å². The third-order valence-electron chi connectivity index (χ3n) is 15.4. The number of rotatable bonds is 34. The molecule has 21 nitrogen and oxygen atoms in total. The first-order valence-corrected chi connectivity index (χ1v) is 29.2. The maximum Gasteiger partial charge on any atom is 0.328 e. The number of aromatic hydroxyl groups is 1. The van der Waals surface area contributed by atoms with Crippen molar-refractivity contribution in [2.24, 2.45) is 29.4 Å². The first-order valence-electron chi connectivity index (χ1n) is 29.2. The molecule has 9 amide bonds. The molecule has 0 spiro atoms. The highest BCUT2D eigenvalue weighted by Crippen LogP contribution is 2.24. The Morgan fingerprint density at radius 3 is 1.91 bits per heavy atom. The number of esters is 1. The van der Waals surface area contributed by atoms with Crippen molar-refractivity contribution in [3.05, 3.63) is 65.7 Å². The molecule has 21 heteroatoms. The third kappa shape index (κ3) is 21.4. The molecular weight excluding hydrogens is 1050 g/mol. The Bertz CT molecular complexity index is 2440. The number of primary amides is 1. The number of carbonyl (C=O) groups is 10. The molecule has 456 valence electrons. The van der Waals surface area contributed by atoms with Crippen LogP contribution in [0.1, 0.15) is 144 Å². The van der Waals surface area contributed by atoms with E-state index in [9.17, 15) is 53.1 Å². The fourth-order valence-electron chi connectivity index (χ4n) is 10.2. The number of ether oxygens (including phenoxy) is 1. The van der Waals surface area contributed by atoms with E-state index in [2.05, 4.69) is 21.3 Å². The van der Waals surface area contributed by atoms with Crippen LogP contribution in [0.15, 0.2) is 54.6 Å². The van der Waals surface area contributed by atoms with Crippen molar-refractivity contribution in [3.8, 4) is 5.75 Å². The maximum atomic E-state index is 14.7. The maximum absolute atomic E-state index is 14.7. The average Bonchev–Trinajstić information content (AvgIpc) is 4.10. The summed E-state index contributed by atoms with van der Waals surface area (Å²) in [7, 11) is 5.72. The van der Waals surface area contributed by atoms with Gasteiger partial charge in [-0.1, -0.05) is 111 Å². The normalized spacial score (nSPS) is 15.7. The molecule has 7 N–H and O–H groups in total. The highest BCUT2D eigenvalue weighted by Gasteiger charge is 2.43. The summed E-state index contributed by atoms with van der Waals surface area (Å²) in [4.78, 5) is 143. The molecule has 82 heavy (non-hydrogen) atoms. The lowest BCUT2D eigenvalue weighted by atomic mass is 9.94. The van der Waals surface area contributed by atoms with Crippen LogP contribution in [0.2, 0.25) is 0 Å². The number of aryl methyl sites for hydroxylation is 1. The van der Waals surface area contributed by atoms with Crippen molar-refractivity contribution in [1.82, 2.24) is 40.9 Å². The number of likely N-dealkylation sites (N-methyl/N-ethyl adjacent to an activating group) is 3. The number of nitrogens with one attached hydrogen (secondary N) is 4. The molecule has 1 heterocycles. The minimum atomic E-state index is -1.42. The number of hydrogen-bond acceptors (Lipinski definition) is 12. The number of methoxy groups -OCH3 is 1. The number of nitrogens with zero attached hydrogens (tertiary/aromatic N) is 4.